The molecule has 2 fully saturated rings. The van der Waals surface area contributed by atoms with Crippen LogP contribution >= 0.6 is 0 Å². The number of halogens is 6. The largest absolute Gasteiger partial charge is 0.439 e. The molecule has 1 amide bonds. The summed E-state index contributed by atoms with van der Waals surface area (Å²) in [6, 6.07) is 2.48. The fourth-order valence-corrected chi connectivity index (χ4v) is 6.34. The summed E-state index contributed by atoms with van der Waals surface area (Å²) in [7, 11) is 1.80. The van der Waals surface area contributed by atoms with Crippen molar-refractivity contribution in [2.75, 3.05) is 5.32 Å². The molecule has 4 atom stereocenters. The van der Waals surface area contributed by atoms with Crippen molar-refractivity contribution >= 4 is 11.9 Å². The molecule has 2 aliphatic rings. The van der Waals surface area contributed by atoms with Crippen LogP contribution in [0.3, 0.4) is 0 Å². The maximum atomic E-state index is 13.6. The van der Waals surface area contributed by atoms with Crippen molar-refractivity contribution in [2.24, 2.45) is 13.0 Å². The molecule has 3 aromatic rings. The fourth-order valence-electron chi connectivity index (χ4n) is 6.34. The number of hydrogen-bond acceptors (Lipinski definition) is 5. The molecule has 1 saturated carbocycles. The lowest BCUT2D eigenvalue weighted by molar-refractivity contribution is -0.143. The minimum absolute atomic E-state index is 0.0203. The number of hydrogen-bond donors (Lipinski definition) is 1. The number of nitrogens with zero attached hydrogens (tertiary/aromatic N) is 4. The predicted octanol–water partition coefficient (Wildman–Crippen LogP) is 8.29. The van der Waals surface area contributed by atoms with Gasteiger partial charge in [-0.1, -0.05) is 26.2 Å². The average molecular weight is 624 g/mol. The van der Waals surface area contributed by atoms with Crippen LogP contribution < -0.4 is 5.32 Å². The zero-order chi connectivity index (χ0) is 32.0. The maximum absolute atomic E-state index is 13.6. The Balaban J connectivity index is 1.50. The summed E-state index contributed by atoms with van der Waals surface area (Å²) in [6.45, 7) is 5.54. The Hall–Kier alpha value is -3.77. The molecule has 1 aliphatic carbocycles. The molecular weight excluding hydrogens is 588 g/mol. The molecule has 1 aromatic carbocycles. The number of benzene rings is 1. The molecule has 44 heavy (non-hydrogen) atoms. The molecule has 1 aliphatic heterocycles. The summed E-state index contributed by atoms with van der Waals surface area (Å²) >= 11 is 0. The molecule has 2 unspecified atom stereocenters. The van der Waals surface area contributed by atoms with Crippen LogP contribution in [-0.4, -0.2) is 37.8 Å². The van der Waals surface area contributed by atoms with E-state index in [-0.39, 0.29) is 24.2 Å². The van der Waals surface area contributed by atoms with Crippen LogP contribution in [0.1, 0.15) is 80.0 Å². The van der Waals surface area contributed by atoms with Crippen LogP contribution in [0.5, 0.6) is 0 Å². The highest BCUT2D eigenvalue weighted by atomic mass is 19.4. The molecule has 0 bridgehead atoms. The van der Waals surface area contributed by atoms with Crippen molar-refractivity contribution in [3.63, 3.8) is 0 Å². The SMILES string of the molecule is CCC1CCCCC1Nc1ncc(-c2cn(C)nc2C)cc1CN1C(=O)O[C@H](c2cc(C(F)(F)F)cc(C(F)(F)F)c2)[C@@H]1C. The summed E-state index contributed by atoms with van der Waals surface area (Å²) in [4.78, 5) is 19.2. The van der Waals surface area contributed by atoms with Crippen molar-refractivity contribution in [2.45, 2.75) is 90.0 Å². The van der Waals surface area contributed by atoms with Crippen molar-refractivity contribution in [3.05, 3.63) is 64.6 Å². The van der Waals surface area contributed by atoms with Crippen molar-refractivity contribution < 1.29 is 35.9 Å². The quantitative estimate of drug-likeness (QED) is 0.268. The second kappa shape index (κ2) is 12.0. The Morgan fingerprint density at radius 1 is 1.02 bits per heavy atom. The van der Waals surface area contributed by atoms with Gasteiger partial charge in [-0.15, -0.1) is 0 Å². The van der Waals surface area contributed by atoms with Gasteiger partial charge < -0.3 is 10.1 Å². The lowest BCUT2D eigenvalue weighted by Crippen LogP contribution is -2.34. The van der Waals surface area contributed by atoms with Crippen LogP contribution in [0.4, 0.5) is 37.0 Å². The van der Waals surface area contributed by atoms with Gasteiger partial charge >= 0.3 is 18.4 Å². The number of ether oxygens (including phenoxy) is 1. The second-order valence-electron chi connectivity index (χ2n) is 11.7. The third kappa shape index (κ3) is 6.51. The third-order valence-corrected chi connectivity index (χ3v) is 8.72. The van der Waals surface area contributed by atoms with E-state index in [9.17, 15) is 31.1 Å². The summed E-state index contributed by atoms with van der Waals surface area (Å²) in [5.41, 5.74) is -0.269. The Labute approximate surface area is 251 Å². The zero-order valence-electron chi connectivity index (χ0n) is 24.9. The first kappa shape index (κ1) is 31.6. The van der Waals surface area contributed by atoms with Gasteiger partial charge in [-0.2, -0.15) is 31.4 Å². The number of carbonyl (C=O) groups is 1. The van der Waals surface area contributed by atoms with Crippen LogP contribution in [-0.2, 0) is 30.7 Å². The lowest BCUT2D eigenvalue weighted by atomic mass is 9.83. The van der Waals surface area contributed by atoms with E-state index >= 15 is 0 Å². The number of aryl methyl sites for hydroxylation is 2. The van der Waals surface area contributed by atoms with Crippen LogP contribution in [0.25, 0.3) is 11.1 Å². The fraction of sp³-hybridized carbons (Fsp3) is 0.516. The Morgan fingerprint density at radius 3 is 2.27 bits per heavy atom. The van der Waals surface area contributed by atoms with Gasteiger partial charge in [0.15, 0.2) is 0 Å². The normalized spacial score (nSPS) is 22.8. The summed E-state index contributed by atoms with van der Waals surface area (Å²) in [5.74, 6) is 1.02. The zero-order valence-corrected chi connectivity index (χ0v) is 24.9. The third-order valence-electron chi connectivity index (χ3n) is 8.72. The first-order valence-corrected chi connectivity index (χ1v) is 14.7. The minimum Gasteiger partial charge on any atom is -0.439 e. The summed E-state index contributed by atoms with van der Waals surface area (Å²) < 4.78 is 88.4. The van der Waals surface area contributed by atoms with E-state index in [4.69, 9.17) is 9.72 Å². The number of rotatable bonds is 7. The minimum atomic E-state index is -5.02. The number of cyclic esters (lactones) is 1. The standard InChI is InChI=1S/C31H35F6N5O2/c1-5-19-8-6-7-9-26(19)39-28-22(10-21(14-38-28)25-16-41(4)40-17(25)2)15-42-18(3)27(44-29(42)43)20-11-23(30(32,33)34)13-24(12-20)31(35,36)37/h10-14,16,18-19,26-27H,5-9,15H2,1-4H3,(H,38,39)/t18-,19?,26?,27-/m0/s1. The molecule has 238 valence electrons. The van der Waals surface area contributed by atoms with Crippen molar-refractivity contribution in [1.82, 2.24) is 19.7 Å². The second-order valence-corrected chi connectivity index (χ2v) is 11.7. The number of carbonyl (C=O) groups excluding carboxylic acids is 1. The number of nitrogens with one attached hydrogen (secondary N) is 1. The molecule has 1 saturated heterocycles. The predicted molar refractivity (Wildman–Crippen MR) is 152 cm³/mol. The molecule has 13 heteroatoms. The molecular formula is C31H35F6N5O2. The van der Waals surface area contributed by atoms with E-state index in [2.05, 4.69) is 17.3 Å². The number of anilines is 1. The molecule has 1 N–H and O–H groups in total. The number of pyridine rings is 1. The summed E-state index contributed by atoms with van der Waals surface area (Å²) in [5, 5.41) is 7.99. The monoisotopic (exact) mass is 623 g/mol. The molecule has 7 nitrogen and oxygen atoms in total. The van der Waals surface area contributed by atoms with Crippen molar-refractivity contribution in [1.29, 1.82) is 0 Å². The van der Waals surface area contributed by atoms with Gasteiger partial charge in [-0.25, -0.2) is 9.78 Å². The summed E-state index contributed by atoms with van der Waals surface area (Å²) in [6.07, 6.45) is -3.37. The topological polar surface area (TPSA) is 72.3 Å². The Bertz CT molecular complexity index is 1490. The Morgan fingerprint density at radius 2 is 1.68 bits per heavy atom. The highest BCUT2D eigenvalue weighted by Crippen LogP contribution is 2.41. The smallest absolute Gasteiger partial charge is 0.416 e. The van der Waals surface area contributed by atoms with Gasteiger partial charge in [0.05, 0.1) is 29.4 Å². The van der Waals surface area contributed by atoms with Gasteiger partial charge in [0.25, 0.3) is 0 Å². The molecule has 0 spiro atoms. The van der Waals surface area contributed by atoms with Gasteiger partial charge in [0.1, 0.15) is 11.9 Å². The first-order chi connectivity index (χ1) is 20.7. The molecule has 0 radical (unpaired) electrons. The highest BCUT2D eigenvalue weighted by molar-refractivity contribution is 5.72. The number of amides is 1. The van der Waals surface area contributed by atoms with Gasteiger partial charge in [-0.05, 0) is 62.4 Å². The highest BCUT2D eigenvalue weighted by Gasteiger charge is 2.43. The molecule has 3 heterocycles. The van der Waals surface area contributed by atoms with E-state index in [1.54, 1.807) is 24.9 Å². The van der Waals surface area contributed by atoms with E-state index in [1.807, 2.05) is 19.2 Å². The lowest BCUT2D eigenvalue weighted by Gasteiger charge is -2.33. The Kier molecular flexibility index (Phi) is 8.60. The van der Waals surface area contributed by atoms with Crippen LogP contribution in [0, 0.1) is 12.8 Å². The van der Waals surface area contributed by atoms with Crippen LogP contribution in [0.15, 0.2) is 36.7 Å². The van der Waals surface area contributed by atoms with E-state index < -0.39 is 41.7 Å². The van der Waals surface area contributed by atoms with E-state index in [1.165, 1.54) is 4.90 Å². The number of aromatic nitrogens is 3. The molecule has 2 aromatic heterocycles. The van der Waals surface area contributed by atoms with E-state index in [0.717, 1.165) is 48.9 Å². The maximum Gasteiger partial charge on any atom is 0.416 e. The van der Waals surface area contributed by atoms with Gasteiger partial charge in [-0.3, -0.25) is 9.58 Å². The molecule has 5 rings (SSSR count). The first-order valence-electron chi connectivity index (χ1n) is 14.7. The number of alkyl halides is 6. The van der Waals surface area contributed by atoms with Crippen LogP contribution in [0.2, 0.25) is 0 Å². The van der Waals surface area contributed by atoms with Gasteiger partial charge in [0, 0.05) is 42.2 Å². The van der Waals surface area contributed by atoms with Crippen molar-refractivity contribution in [3.8, 4) is 11.1 Å². The van der Waals surface area contributed by atoms with Gasteiger partial charge in [0.2, 0.25) is 0 Å². The average Bonchev–Trinajstić information content (AvgIpc) is 3.45. The van der Waals surface area contributed by atoms with E-state index in [0.29, 0.717) is 29.4 Å².